The van der Waals surface area contributed by atoms with Gasteiger partial charge in [0.2, 0.25) is 0 Å². The second kappa shape index (κ2) is 8.00. The maximum absolute atomic E-state index is 12.7. The molecule has 1 fully saturated rings. The first-order chi connectivity index (χ1) is 12.8. The van der Waals surface area contributed by atoms with E-state index in [1.165, 1.54) is 12.4 Å². The monoisotopic (exact) mass is 391 g/mol. The molecule has 0 aliphatic carbocycles. The van der Waals surface area contributed by atoms with E-state index in [9.17, 15) is 9.59 Å². The maximum atomic E-state index is 12.7. The van der Waals surface area contributed by atoms with Crippen LogP contribution < -0.4 is 4.74 Å². The fourth-order valence-electron chi connectivity index (χ4n) is 3.20. The lowest BCUT2D eigenvalue weighted by atomic mass is 10.0. The van der Waals surface area contributed by atoms with Gasteiger partial charge in [-0.2, -0.15) is 5.10 Å². The van der Waals surface area contributed by atoms with Gasteiger partial charge in [0.25, 0.3) is 5.91 Å². The average Bonchev–Trinajstić information content (AvgIpc) is 3.15. The van der Waals surface area contributed by atoms with Gasteiger partial charge in [0.1, 0.15) is 5.75 Å². The minimum atomic E-state index is -0.991. The SMILES string of the molecule is Cc1ccc(Cl)c(OC(C)C(=O)N2CCC(n3cc(C(=O)O)cn3)CC2)c1. The number of halogens is 1. The van der Waals surface area contributed by atoms with Gasteiger partial charge in [-0.25, -0.2) is 4.79 Å². The number of hydrogen-bond acceptors (Lipinski definition) is 4. The van der Waals surface area contributed by atoms with Crippen molar-refractivity contribution in [2.75, 3.05) is 13.1 Å². The highest BCUT2D eigenvalue weighted by atomic mass is 35.5. The number of ether oxygens (including phenoxy) is 1. The van der Waals surface area contributed by atoms with Crippen LogP contribution in [0.15, 0.2) is 30.6 Å². The number of amides is 1. The Morgan fingerprint density at radius 3 is 2.67 bits per heavy atom. The van der Waals surface area contributed by atoms with Gasteiger partial charge in [0.15, 0.2) is 6.10 Å². The number of carboxylic acids is 1. The van der Waals surface area contributed by atoms with Crippen LogP contribution in [0.4, 0.5) is 0 Å². The number of piperidine rings is 1. The molecule has 0 saturated carbocycles. The second-order valence-corrected chi connectivity index (χ2v) is 7.17. The Morgan fingerprint density at radius 1 is 1.33 bits per heavy atom. The van der Waals surface area contributed by atoms with Crippen molar-refractivity contribution in [1.29, 1.82) is 0 Å². The number of rotatable bonds is 5. The Bertz CT molecular complexity index is 843. The molecule has 1 amide bonds. The van der Waals surface area contributed by atoms with E-state index in [4.69, 9.17) is 21.4 Å². The Balaban J connectivity index is 1.57. The number of nitrogens with zero attached hydrogens (tertiary/aromatic N) is 3. The Kier molecular flexibility index (Phi) is 5.70. The lowest BCUT2D eigenvalue weighted by Gasteiger charge is -2.33. The maximum Gasteiger partial charge on any atom is 0.338 e. The number of likely N-dealkylation sites (tertiary alicyclic amines) is 1. The molecule has 0 spiro atoms. The zero-order valence-electron chi connectivity index (χ0n) is 15.3. The molecule has 144 valence electrons. The molecule has 27 heavy (non-hydrogen) atoms. The largest absolute Gasteiger partial charge is 0.479 e. The first-order valence-electron chi connectivity index (χ1n) is 8.84. The van der Waals surface area contributed by atoms with E-state index in [0.717, 1.165) is 5.56 Å². The third-order valence-corrected chi connectivity index (χ3v) is 5.05. The summed E-state index contributed by atoms with van der Waals surface area (Å²) in [6, 6.07) is 5.54. The van der Waals surface area contributed by atoms with Gasteiger partial charge in [-0.15, -0.1) is 0 Å². The molecule has 1 aliphatic rings. The van der Waals surface area contributed by atoms with Crippen LogP contribution in [-0.2, 0) is 4.79 Å². The van der Waals surface area contributed by atoms with E-state index in [1.54, 1.807) is 22.6 Å². The molecule has 0 bridgehead atoms. The fraction of sp³-hybridized carbons (Fsp3) is 0.421. The molecular formula is C19H22ClN3O4. The zero-order valence-corrected chi connectivity index (χ0v) is 16.0. The number of aromatic nitrogens is 2. The minimum absolute atomic E-state index is 0.0855. The van der Waals surface area contributed by atoms with E-state index in [-0.39, 0.29) is 17.5 Å². The summed E-state index contributed by atoms with van der Waals surface area (Å²) >= 11 is 6.14. The lowest BCUT2D eigenvalue weighted by molar-refractivity contribution is -0.139. The molecule has 8 heteroatoms. The van der Waals surface area contributed by atoms with Crippen molar-refractivity contribution in [3.63, 3.8) is 0 Å². The van der Waals surface area contributed by atoms with E-state index < -0.39 is 12.1 Å². The zero-order chi connectivity index (χ0) is 19.6. The van der Waals surface area contributed by atoms with Crippen LogP contribution in [0.25, 0.3) is 0 Å². The van der Waals surface area contributed by atoms with Gasteiger partial charge in [0, 0.05) is 19.3 Å². The molecule has 1 aliphatic heterocycles. The number of aryl methyl sites for hydroxylation is 1. The minimum Gasteiger partial charge on any atom is -0.479 e. The van der Waals surface area contributed by atoms with Gasteiger partial charge in [-0.3, -0.25) is 9.48 Å². The van der Waals surface area contributed by atoms with Crippen LogP contribution in [0.5, 0.6) is 5.75 Å². The van der Waals surface area contributed by atoms with Gasteiger partial charge in [-0.1, -0.05) is 17.7 Å². The average molecular weight is 392 g/mol. The fourth-order valence-corrected chi connectivity index (χ4v) is 3.36. The summed E-state index contributed by atoms with van der Waals surface area (Å²) < 4.78 is 7.45. The van der Waals surface area contributed by atoms with E-state index >= 15 is 0 Å². The summed E-state index contributed by atoms with van der Waals surface area (Å²) in [6.45, 7) is 4.80. The smallest absolute Gasteiger partial charge is 0.338 e. The van der Waals surface area contributed by atoms with Gasteiger partial charge in [0.05, 0.1) is 22.8 Å². The van der Waals surface area contributed by atoms with Crippen LogP contribution in [0.2, 0.25) is 5.02 Å². The summed E-state index contributed by atoms with van der Waals surface area (Å²) in [6.07, 6.45) is 3.68. The summed E-state index contributed by atoms with van der Waals surface area (Å²) in [5, 5.41) is 13.6. The highest BCUT2D eigenvalue weighted by Crippen LogP contribution is 2.27. The molecule has 1 saturated heterocycles. The quantitative estimate of drug-likeness (QED) is 0.846. The number of benzene rings is 1. The van der Waals surface area contributed by atoms with Crippen LogP contribution in [0.3, 0.4) is 0 Å². The molecule has 1 aromatic heterocycles. The van der Waals surface area contributed by atoms with Crippen LogP contribution in [-0.4, -0.2) is 50.9 Å². The molecule has 1 N–H and O–H groups in total. The highest BCUT2D eigenvalue weighted by molar-refractivity contribution is 6.32. The summed E-state index contributed by atoms with van der Waals surface area (Å²) in [5.41, 5.74) is 1.18. The van der Waals surface area contributed by atoms with E-state index in [0.29, 0.717) is 36.7 Å². The molecule has 3 rings (SSSR count). The summed E-state index contributed by atoms with van der Waals surface area (Å²) in [7, 11) is 0. The molecular weight excluding hydrogens is 370 g/mol. The van der Waals surface area contributed by atoms with Crippen LogP contribution in [0.1, 0.15) is 41.7 Å². The predicted octanol–water partition coefficient (Wildman–Crippen LogP) is 3.17. The van der Waals surface area contributed by atoms with Gasteiger partial charge >= 0.3 is 5.97 Å². The molecule has 1 atom stereocenters. The Morgan fingerprint density at radius 2 is 2.04 bits per heavy atom. The lowest BCUT2D eigenvalue weighted by Crippen LogP contribution is -2.45. The van der Waals surface area contributed by atoms with Crippen molar-refractivity contribution in [3.8, 4) is 5.75 Å². The van der Waals surface area contributed by atoms with E-state index in [2.05, 4.69) is 5.10 Å². The Hall–Kier alpha value is -2.54. The van der Waals surface area contributed by atoms with Crippen LogP contribution in [0, 0.1) is 6.92 Å². The summed E-state index contributed by atoms with van der Waals surface area (Å²) in [5.74, 6) is -0.572. The van der Waals surface area contributed by atoms with Crippen molar-refractivity contribution < 1.29 is 19.4 Å². The molecule has 1 unspecified atom stereocenters. The van der Waals surface area contributed by atoms with Crippen molar-refractivity contribution in [2.24, 2.45) is 0 Å². The van der Waals surface area contributed by atoms with Crippen molar-refractivity contribution in [2.45, 2.75) is 38.8 Å². The first-order valence-corrected chi connectivity index (χ1v) is 9.22. The topological polar surface area (TPSA) is 84.7 Å². The number of carbonyl (C=O) groups is 2. The number of carboxylic acid groups (broad SMARTS) is 1. The molecule has 1 aromatic carbocycles. The molecule has 2 heterocycles. The molecule has 0 radical (unpaired) electrons. The van der Waals surface area contributed by atoms with Gasteiger partial charge < -0.3 is 14.7 Å². The van der Waals surface area contributed by atoms with E-state index in [1.807, 2.05) is 19.1 Å². The number of carbonyl (C=O) groups excluding carboxylic acids is 1. The normalized spacial score (nSPS) is 16.2. The summed E-state index contributed by atoms with van der Waals surface area (Å²) in [4.78, 5) is 25.4. The highest BCUT2D eigenvalue weighted by Gasteiger charge is 2.28. The van der Waals surface area contributed by atoms with Crippen molar-refractivity contribution >= 4 is 23.5 Å². The molecule has 2 aromatic rings. The molecule has 7 nitrogen and oxygen atoms in total. The van der Waals surface area contributed by atoms with Crippen molar-refractivity contribution in [3.05, 3.63) is 46.7 Å². The third-order valence-electron chi connectivity index (χ3n) is 4.74. The second-order valence-electron chi connectivity index (χ2n) is 6.76. The Labute approximate surface area is 162 Å². The third kappa shape index (κ3) is 4.42. The first kappa shape index (κ1) is 19.2. The van der Waals surface area contributed by atoms with Gasteiger partial charge in [-0.05, 0) is 44.4 Å². The number of hydrogen-bond donors (Lipinski definition) is 1. The standard InChI is InChI=1S/C19H22ClN3O4/c1-12-3-4-16(20)17(9-12)27-13(2)18(24)22-7-5-15(6-8-22)23-11-14(10-21-23)19(25)26/h3-4,9-11,13,15H,5-8H2,1-2H3,(H,25,26). The van der Waals surface area contributed by atoms with Crippen LogP contribution >= 0.6 is 11.6 Å². The predicted molar refractivity (Wildman–Crippen MR) is 100 cm³/mol. The number of aromatic carboxylic acids is 1. The van der Waals surface area contributed by atoms with Crippen molar-refractivity contribution in [1.82, 2.24) is 14.7 Å².